The van der Waals surface area contributed by atoms with E-state index in [1.165, 1.54) is 16.9 Å². The number of benzene rings is 2. The van der Waals surface area contributed by atoms with Crippen molar-refractivity contribution in [1.82, 2.24) is 4.98 Å². The third-order valence-electron chi connectivity index (χ3n) is 4.16. The lowest BCUT2D eigenvalue weighted by Crippen LogP contribution is -2.12. The number of thiazole rings is 1. The van der Waals surface area contributed by atoms with Gasteiger partial charge < -0.3 is 19.5 Å². The number of hydrogen-bond acceptors (Lipinski definition) is 6. The van der Waals surface area contributed by atoms with Crippen molar-refractivity contribution in [2.75, 3.05) is 26.6 Å². The maximum absolute atomic E-state index is 12.3. The molecule has 0 saturated heterocycles. The van der Waals surface area contributed by atoms with E-state index in [-0.39, 0.29) is 5.91 Å². The number of nitrogens with one attached hydrogen (secondary N) is 1. The van der Waals surface area contributed by atoms with Crippen LogP contribution in [-0.4, -0.2) is 32.2 Å². The first-order valence-corrected chi connectivity index (χ1v) is 9.31. The standard InChI is InChI=1S/C20H22N2O4S/c1-12-5-7-14-17(9-12)27-20(21-14)22-18(23)8-6-13-10-15(24-2)19(26-4)16(11-13)25-3/h5,7,9-11H,6,8H2,1-4H3,(H,21,22,23). The highest BCUT2D eigenvalue weighted by atomic mass is 32.1. The summed E-state index contributed by atoms with van der Waals surface area (Å²) in [5, 5.41) is 3.50. The monoisotopic (exact) mass is 386 g/mol. The molecule has 2 aromatic carbocycles. The number of amides is 1. The fourth-order valence-electron chi connectivity index (χ4n) is 2.80. The van der Waals surface area contributed by atoms with E-state index in [4.69, 9.17) is 14.2 Å². The van der Waals surface area contributed by atoms with Crippen LogP contribution in [-0.2, 0) is 11.2 Å². The van der Waals surface area contributed by atoms with Crippen LogP contribution in [0, 0.1) is 6.92 Å². The summed E-state index contributed by atoms with van der Waals surface area (Å²) in [7, 11) is 4.71. The van der Waals surface area contributed by atoms with Crippen molar-refractivity contribution in [1.29, 1.82) is 0 Å². The Bertz CT molecular complexity index is 943. The number of methoxy groups -OCH3 is 3. The Hall–Kier alpha value is -2.80. The van der Waals surface area contributed by atoms with E-state index in [2.05, 4.69) is 16.4 Å². The van der Waals surface area contributed by atoms with Crippen LogP contribution in [0.2, 0.25) is 0 Å². The van der Waals surface area contributed by atoms with Gasteiger partial charge in [-0.3, -0.25) is 4.79 Å². The minimum Gasteiger partial charge on any atom is -0.493 e. The quantitative estimate of drug-likeness (QED) is 0.659. The summed E-state index contributed by atoms with van der Waals surface area (Å²) in [6, 6.07) is 9.76. The van der Waals surface area contributed by atoms with Crippen LogP contribution in [0.4, 0.5) is 5.13 Å². The number of ether oxygens (including phenoxy) is 3. The maximum Gasteiger partial charge on any atom is 0.226 e. The van der Waals surface area contributed by atoms with E-state index in [0.717, 1.165) is 15.8 Å². The van der Waals surface area contributed by atoms with E-state index in [9.17, 15) is 4.79 Å². The van der Waals surface area contributed by atoms with Gasteiger partial charge >= 0.3 is 0 Å². The first-order valence-electron chi connectivity index (χ1n) is 8.50. The Morgan fingerprint density at radius 2 is 1.78 bits per heavy atom. The summed E-state index contributed by atoms with van der Waals surface area (Å²) in [6.45, 7) is 2.04. The maximum atomic E-state index is 12.3. The predicted octanol–water partition coefficient (Wildman–Crippen LogP) is 4.20. The second kappa shape index (κ2) is 8.26. The second-order valence-electron chi connectivity index (χ2n) is 6.07. The Labute approximate surface area is 162 Å². The highest BCUT2D eigenvalue weighted by Gasteiger charge is 2.14. The van der Waals surface area contributed by atoms with Gasteiger partial charge in [0.2, 0.25) is 11.7 Å². The molecule has 0 bridgehead atoms. The number of rotatable bonds is 7. The van der Waals surface area contributed by atoms with Gasteiger partial charge in [-0.25, -0.2) is 4.98 Å². The van der Waals surface area contributed by atoms with Crippen molar-refractivity contribution < 1.29 is 19.0 Å². The van der Waals surface area contributed by atoms with E-state index in [1.54, 1.807) is 21.3 Å². The minimum absolute atomic E-state index is 0.0838. The second-order valence-corrected chi connectivity index (χ2v) is 7.10. The van der Waals surface area contributed by atoms with Gasteiger partial charge in [0.25, 0.3) is 0 Å². The van der Waals surface area contributed by atoms with Crippen molar-refractivity contribution in [3.05, 3.63) is 41.5 Å². The highest BCUT2D eigenvalue weighted by molar-refractivity contribution is 7.22. The molecule has 0 aliphatic heterocycles. The number of carbonyl (C=O) groups is 1. The van der Waals surface area contributed by atoms with Crippen LogP contribution in [0.25, 0.3) is 10.2 Å². The summed E-state index contributed by atoms with van der Waals surface area (Å²) in [4.78, 5) is 16.8. The van der Waals surface area contributed by atoms with Gasteiger partial charge in [-0.1, -0.05) is 17.4 Å². The molecule has 142 valence electrons. The molecular formula is C20H22N2O4S. The lowest BCUT2D eigenvalue weighted by atomic mass is 10.1. The molecule has 0 radical (unpaired) electrons. The Morgan fingerprint density at radius 3 is 2.41 bits per heavy atom. The first kappa shape index (κ1) is 19.0. The number of aryl methyl sites for hydroxylation is 2. The Balaban J connectivity index is 1.67. The lowest BCUT2D eigenvalue weighted by molar-refractivity contribution is -0.116. The van der Waals surface area contributed by atoms with E-state index >= 15 is 0 Å². The number of hydrogen-bond donors (Lipinski definition) is 1. The molecule has 0 unspecified atom stereocenters. The van der Waals surface area contributed by atoms with Crippen molar-refractivity contribution in [3.63, 3.8) is 0 Å². The molecule has 1 N–H and O–H groups in total. The average molecular weight is 386 g/mol. The third kappa shape index (κ3) is 4.31. The molecule has 0 spiro atoms. The minimum atomic E-state index is -0.0838. The number of aromatic nitrogens is 1. The van der Waals surface area contributed by atoms with Crippen LogP contribution < -0.4 is 19.5 Å². The molecule has 1 amide bonds. The van der Waals surface area contributed by atoms with Gasteiger partial charge in [0, 0.05) is 6.42 Å². The topological polar surface area (TPSA) is 69.7 Å². The van der Waals surface area contributed by atoms with Crippen LogP contribution >= 0.6 is 11.3 Å². The van der Waals surface area contributed by atoms with Gasteiger partial charge in [-0.05, 0) is 48.7 Å². The molecule has 0 atom stereocenters. The number of carbonyl (C=O) groups excluding carboxylic acids is 1. The molecular weight excluding hydrogens is 364 g/mol. The zero-order chi connectivity index (χ0) is 19.4. The van der Waals surface area contributed by atoms with E-state index in [1.807, 2.05) is 31.2 Å². The smallest absolute Gasteiger partial charge is 0.226 e. The summed E-state index contributed by atoms with van der Waals surface area (Å²) < 4.78 is 17.1. The van der Waals surface area contributed by atoms with Crippen molar-refractivity contribution in [3.8, 4) is 17.2 Å². The molecule has 1 heterocycles. The largest absolute Gasteiger partial charge is 0.493 e. The summed E-state index contributed by atoms with van der Waals surface area (Å²) >= 11 is 1.48. The zero-order valence-electron chi connectivity index (χ0n) is 15.8. The third-order valence-corrected chi connectivity index (χ3v) is 5.09. The van der Waals surface area contributed by atoms with Gasteiger partial charge in [-0.15, -0.1) is 0 Å². The van der Waals surface area contributed by atoms with Crippen LogP contribution in [0.15, 0.2) is 30.3 Å². The van der Waals surface area contributed by atoms with Gasteiger partial charge in [-0.2, -0.15) is 0 Å². The van der Waals surface area contributed by atoms with Crippen LogP contribution in [0.5, 0.6) is 17.2 Å². The van der Waals surface area contributed by atoms with Crippen LogP contribution in [0.1, 0.15) is 17.5 Å². The molecule has 1 aromatic heterocycles. The SMILES string of the molecule is COc1cc(CCC(=O)Nc2nc3ccc(C)cc3s2)cc(OC)c1OC. The highest BCUT2D eigenvalue weighted by Crippen LogP contribution is 2.38. The fraction of sp³-hybridized carbons (Fsp3) is 0.300. The molecule has 27 heavy (non-hydrogen) atoms. The number of fused-ring (bicyclic) bond motifs is 1. The number of anilines is 1. The number of nitrogens with zero attached hydrogens (tertiary/aromatic N) is 1. The fourth-order valence-corrected chi connectivity index (χ4v) is 3.78. The molecule has 0 saturated carbocycles. The van der Waals surface area contributed by atoms with E-state index < -0.39 is 0 Å². The van der Waals surface area contributed by atoms with Crippen molar-refractivity contribution in [2.45, 2.75) is 19.8 Å². The molecule has 6 nitrogen and oxygen atoms in total. The molecule has 0 aliphatic carbocycles. The normalized spacial score (nSPS) is 10.7. The summed E-state index contributed by atoms with van der Waals surface area (Å²) in [6.07, 6.45) is 0.875. The van der Waals surface area contributed by atoms with E-state index in [0.29, 0.717) is 35.2 Å². The van der Waals surface area contributed by atoms with Crippen molar-refractivity contribution >= 4 is 32.6 Å². The first-order chi connectivity index (χ1) is 13.0. The van der Waals surface area contributed by atoms with Gasteiger partial charge in [0.15, 0.2) is 16.6 Å². The zero-order valence-corrected chi connectivity index (χ0v) is 16.6. The predicted molar refractivity (Wildman–Crippen MR) is 107 cm³/mol. The van der Waals surface area contributed by atoms with Gasteiger partial charge in [0.1, 0.15) is 0 Å². The summed E-state index contributed by atoms with van der Waals surface area (Å²) in [5.41, 5.74) is 3.00. The Kier molecular flexibility index (Phi) is 5.81. The lowest BCUT2D eigenvalue weighted by Gasteiger charge is -2.14. The van der Waals surface area contributed by atoms with Crippen molar-refractivity contribution in [2.24, 2.45) is 0 Å². The summed E-state index contributed by atoms with van der Waals surface area (Å²) in [5.74, 6) is 1.61. The van der Waals surface area contributed by atoms with Crippen LogP contribution in [0.3, 0.4) is 0 Å². The molecule has 0 aliphatic rings. The molecule has 7 heteroatoms. The molecule has 0 fully saturated rings. The molecule has 3 aromatic rings. The average Bonchev–Trinajstić information content (AvgIpc) is 3.06. The van der Waals surface area contributed by atoms with Gasteiger partial charge in [0.05, 0.1) is 31.5 Å². The Morgan fingerprint density at radius 1 is 1.07 bits per heavy atom. The molecule has 3 rings (SSSR count).